The Morgan fingerprint density at radius 1 is 1.12 bits per heavy atom. The molecule has 0 aromatic heterocycles. The smallest absolute Gasteiger partial charge is 0.306 e. The summed E-state index contributed by atoms with van der Waals surface area (Å²) >= 11 is 0. The predicted molar refractivity (Wildman–Crippen MR) is 61.4 cm³/mol. The lowest BCUT2D eigenvalue weighted by molar-refractivity contribution is -0.145. The van der Waals surface area contributed by atoms with E-state index in [0.717, 1.165) is 51.4 Å². The topological polar surface area (TPSA) is 63.6 Å². The van der Waals surface area contributed by atoms with Gasteiger partial charge in [-0.25, -0.2) is 0 Å². The second-order valence-corrected chi connectivity index (χ2v) is 5.54. The molecule has 2 aliphatic carbocycles. The number of carboxylic acid groups (broad SMARTS) is 1. The van der Waals surface area contributed by atoms with Crippen molar-refractivity contribution in [3.05, 3.63) is 0 Å². The van der Waals surface area contributed by atoms with Crippen molar-refractivity contribution in [2.75, 3.05) is 0 Å². The maximum Gasteiger partial charge on any atom is 0.306 e. The van der Waals surface area contributed by atoms with Crippen LogP contribution in [0.2, 0.25) is 0 Å². The van der Waals surface area contributed by atoms with Gasteiger partial charge in [-0.2, -0.15) is 0 Å². The molecule has 0 heterocycles. The molecular weight excluding hydrogens is 220 g/mol. The van der Waals surface area contributed by atoms with Gasteiger partial charge in [-0.1, -0.05) is 0 Å². The number of carbonyl (C=O) groups excluding carboxylic acids is 1. The van der Waals surface area contributed by atoms with Gasteiger partial charge in [-0.05, 0) is 56.8 Å². The van der Waals surface area contributed by atoms with Gasteiger partial charge >= 0.3 is 5.97 Å². The molecule has 0 unspecified atom stereocenters. The summed E-state index contributed by atoms with van der Waals surface area (Å²) in [5, 5.41) is 8.98. The van der Waals surface area contributed by atoms with Gasteiger partial charge in [0.15, 0.2) is 0 Å². The Balaban J connectivity index is 1.84. The molecule has 2 fully saturated rings. The fourth-order valence-corrected chi connectivity index (χ4v) is 3.40. The van der Waals surface area contributed by atoms with E-state index >= 15 is 0 Å². The molecule has 0 saturated heterocycles. The van der Waals surface area contributed by atoms with E-state index in [9.17, 15) is 9.59 Å². The van der Waals surface area contributed by atoms with Gasteiger partial charge in [0.1, 0.15) is 6.10 Å². The molecule has 2 rings (SSSR count). The lowest BCUT2D eigenvalue weighted by atomic mass is 9.63. The molecule has 4 nitrogen and oxygen atoms in total. The molecule has 0 atom stereocenters. The standard InChI is InChI=1S/C13H20O4/c14-9-17-11-3-7-13(8-4-11)5-1-10(2-6-13)12(15)16/h9-11H,1-8H2,(H,15,16). The van der Waals surface area contributed by atoms with Crippen molar-refractivity contribution in [2.24, 2.45) is 11.3 Å². The van der Waals surface area contributed by atoms with Gasteiger partial charge < -0.3 is 9.84 Å². The SMILES string of the molecule is O=COC1CCC2(CC1)CCC(C(=O)O)CC2. The molecular formula is C13H20O4. The van der Waals surface area contributed by atoms with Crippen LogP contribution < -0.4 is 0 Å². The second-order valence-electron chi connectivity index (χ2n) is 5.54. The Hall–Kier alpha value is -1.06. The van der Waals surface area contributed by atoms with Crippen LogP contribution in [0.25, 0.3) is 0 Å². The van der Waals surface area contributed by atoms with Crippen LogP contribution in [0, 0.1) is 11.3 Å². The zero-order valence-corrected chi connectivity index (χ0v) is 10.1. The minimum Gasteiger partial charge on any atom is -0.481 e. The first-order valence-electron chi connectivity index (χ1n) is 6.47. The van der Waals surface area contributed by atoms with E-state index in [1.54, 1.807) is 0 Å². The lowest BCUT2D eigenvalue weighted by Gasteiger charge is -2.43. The Morgan fingerprint density at radius 3 is 2.12 bits per heavy atom. The summed E-state index contributed by atoms with van der Waals surface area (Å²) in [6, 6.07) is 0. The first-order valence-corrected chi connectivity index (χ1v) is 6.47. The third-order valence-corrected chi connectivity index (χ3v) is 4.64. The number of hydrogen-bond donors (Lipinski definition) is 1. The molecule has 17 heavy (non-hydrogen) atoms. The molecule has 0 bridgehead atoms. The molecule has 1 spiro atoms. The highest BCUT2D eigenvalue weighted by Gasteiger charge is 2.40. The molecule has 0 aromatic carbocycles. The van der Waals surface area contributed by atoms with E-state index in [4.69, 9.17) is 9.84 Å². The van der Waals surface area contributed by atoms with Gasteiger partial charge in [-0.15, -0.1) is 0 Å². The van der Waals surface area contributed by atoms with Crippen LogP contribution in [-0.2, 0) is 14.3 Å². The van der Waals surface area contributed by atoms with Crippen LogP contribution in [0.4, 0.5) is 0 Å². The normalized spacial score (nSPS) is 37.6. The highest BCUT2D eigenvalue weighted by molar-refractivity contribution is 5.70. The molecule has 2 saturated carbocycles. The highest BCUT2D eigenvalue weighted by atomic mass is 16.5. The van der Waals surface area contributed by atoms with Crippen molar-refractivity contribution < 1.29 is 19.4 Å². The molecule has 96 valence electrons. The molecule has 0 aromatic rings. The average molecular weight is 240 g/mol. The van der Waals surface area contributed by atoms with Gasteiger partial charge in [0.05, 0.1) is 5.92 Å². The van der Waals surface area contributed by atoms with E-state index < -0.39 is 5.97 Å². The Kier molecular flexibility index (Phi) is 3.69. The second kappa shape index (κ2) is 5.07. The number of carboxylic acids is 1. The summed E-state index contributed by atoms with van der Waals surface area (Å²) in [4.78, 5) is 21.2. The Labute approximate surface area is 101 Å². The molecule has 4 heteroatoms. The van der Waals surface area contributed by atoms with Crippen molar-refractivity contribution in [1.82, 2.24) is 0 Å². The van der Waals surface area contributed by atoms with Gasteiger partial charge in [0, 0.05) is 0 Å². The van der Waals surface area contributed by atoms with Crippen LogP contribution >= 0.6 is 0 Å². The van der Waals surface area contributed by atoms with E-state index in [-0.39, 0.29) is 12.0 Å². The average Bonchev–Trinajstić information content (AvgIpc) is 2.33. The molecule has 0 aliphatic heterocycles. The molecule has 0 radical (unpaired) electrons. The summed E-state index contributed by atoms with van der Waals surface area (Å²) in [6.07, 6.45) is 7.82. The highest BCUT2D eigenvalue weighted by Crippen LogP contribution is 2.49. The fraction of sp³-hybridized carbons (Fsp3) is 0.846. The minimum absolute atomic E-state index is 0.0929. The third kappa shape index (κ3) is 2.79. The number of ether oxygens (including phenoxy) is 1. The summed E-state index contributed by atoms with van der Waals surface area (Å²) in [6.45, 7) is 0.546. The van der Waals surface area contributed by atoms with E-state index in [1.807, 2.05) is 0 Å². The molecule has 0 amide bonds. The number of hydrogen-bond acceptors (Lipinski definition) is 3. The number of carbonyl (C=O) groups is 2. The van der Waals surface area contributed by atoms with Gasteiger partial charge in [0.25, 0.3) is 6.47 Å². The van der Waals surface area contributed by atoms with Crippen LogP contribution in [0.15, 0.2) is 0 Å². The van der Waals surface area contributed by atoms with Crippen LogP contribution in [0.1, 0.15) is 51.4 Å². The number of aliphatic carboxylic acids is 1. The van der Waals surface area contributed by atoms with Crippen molar-refractivity contribution in [3.63, 3.8) is 0 Å². The third-order valence-electron chi connectivity index (χ3n) is 4.64. The molecule has 2 aliphatic rings. The fourth-order valence-electron chi connectivity index (χ4n) is 3.40. The van der Waals surface area contributed by atoms with Crippen molar-refractivity contribution in [3.8, 4) is 0 Å². The maximum absolute atomic E-state index is 10.9. The van der Waals surface area contributed by atoms with Crippen LogP contribution in [0.3, 0.4) is 0 Å². The summed E-state index contributed by atoms with van der Waals surface area (Å²) in [5.41, 5.74) is 0.342. The van der Waals surface area contributed by atoms with E-state index in [0.29, 0.717) is 11.9 Å². The quantitative estimate of drug-likeness (QED) is 0.769. The predicted octanol–water partition coefficient (Wildman–Crippen LogP) is 2.36. The van der Waals surface area contributed by atoms with Gasteiger partial charge in [-0.3, -0.25) is 9.59 Å². The molecule has 1 N–H and O–H groups in total. The van der Waals surface area contributed by atoms with Gasteiger partial charge in [0.2, 0.25) is 0 Å². The summed E-state index contributed by atoms with van der Waals surface area (Å²) in [5.74, 6) is -0.776. The summed E-state index contributed by atoms with van der Waals surface area (Å²) < 4.78 is 5.00. The van der Waals surface area contributed by atoms with E-state index in [1.165, 1.54) is 0 Å². The van der Waals surface area contributed by atoms with Crippen LogP contribution in [0.5, 0.6) is 0 Å². The van der Waals surface area contributed by atoms with Crippen molar-refractivity contribution >= 4 is 12.4 Å². The number of rotatable bonds is 3. The Morgan fingerprint density at radius 2 is 1.65 bits per heavy atom. The lowest BCUT2D eigenvalue weighted by Crippen LogP contribution is -2.35. The van der Waals surface area contributed by atoms with Crippen molar-refractivity contribution in [1.29, 1.82) is 0 Å². The zero-order chi connectivity index (χ0) is 12.3. The largest absolute Gasteiger partial charge is 0.481 e. The van der Waals surface area contributed by atoms with Crippen LogP contribution in [-0.4, -0.2) is 23.7 Å². The first kappa shape index (κ1) is 12.4. The zero-order valence-electron chi connectivity index (χ0n) is 10.1. The minimum atomic E-state index is -0.641. The maximum atomic E-state index is 10.9. The first-order chi connectivity index (χ1) is 8.15. The Bertz CT molecular complexity index is 282. The van der Waals surface area contributed by atoms with Crippen molar-refractivity contribution in [2.45, 2.75) is 57.5 Å². The summed E-state index contributed by atoms with van der Waals surface area (Å²) in [7, 11) is 0. The monoisotopic (exact) mass is 240 g/mol. The van der Waals surface area contributed by atoms with E-state index in [2.05, 4.69) is 0 Å².